The van der Waals surface area contributed by atoms with Crippen LogP contribution in [0.4, 0.5) is 4.39 Å². The minimum atomic E-state index is -0.578. The molecule has 0 radical (unpaired) electrons. The molecule has 0 aliphatic heterocycles. The van der Waals surface area contributed by atoms with Crippen LogP contribution in [0.5, 0.6) is 11.5 Å². The third-order valence-electron chi connectivity index (χ3n) is 4.88. The molecular weight excluding hydrogens is 407 g/mol. The number of rotatable bonds is 9. The first-order valence-electron chi connectivity index (χ1n) is 9.89. The molecule has 0 amide bonds. The molecule has 3 rings (SSSR count). The number of aromatic amines is 1. The highest BCUT2D eigenvalue weighted by Gasteiger charge is 2.20. The minimum Gasteiger partial charge on any atom is -0.497 e. The zero-order chi connectivity index (χ0) is 21.7. The number of aromatic nitrogens is 1. The van der Waals surface area contributed by atoms with E-state index in [9.17, 15) is 9.18 Å². The number of nitrogens with zero attached hydrogens (tertiary/aromatic N) is 1. The summed E-state index contributed by atoms with van der Waals surface area (Å²) in [6.07, 6.45) is 0.804. The fourth-order valence-electron chi connectivity index (χ4n) is 3.39. The van der Waals surface area contributed by atoms with Crippen LogP contribution in [0.25, 0.3) is 22.0 Å². The first-order chi connectivity index (χ1) is 14.5. The molecule has 7 heteroatoms. The summed E-state index contributed by atoms with van der Waals surface area (Å²) in [5.41, 5.74) is 1.80. The lowest BCUT2D eigenvalue weighted by atomic mass is 9.99. The van der Waals surface area contributed by atoms with Crippen molar-refractivity contribution in [2.75, 3.05) is 33.2 Å². The van der Waals surface area contributed by atoms with Crippen molar-refractivity contribution in [3.8, 4) is 22.6 Å². The van der Waals surface area contributed by atoms with E-state index in [1.807, 2.05) is 18.9 Å². The van der Waals surface area contributed by atoms with Gasteiger partial charge in [0.2, 0.25) is 5.43 Å². The van der Waals surface area contributed by atoms with E-state index in [0.717, 1.165) is 6.42 Å². The predicted molar refractivity (Wildman–Crippen MR) is 119 cm³/mol. The van der Waals surface area contributed by atoms with Gasteiger partial charge < -0.3 is 14.5 Å². The van der Waals surface area contributed by atoms with Crippen LogP contribution in [0.15, 0.2) is 41.2 Å². The van der Waals surface area contributed by atoms with Gasteiger partial charge in [-0.05, 0) is 43.3 Å². The second-order valence-corrected chi connectivity index (χ2v) is 7.48. The zero-order valence-corrected chi connectivity index (χ0v) is 18.2. The topological polar surface area (TPSA) is 54.6 Å². The molecule has 160 valence electrons. The van der Waals surface area contributed by atoms with E-state index in [1.54, 1.807) is 37.4 Å². The van der Waals surface area contributed by atoms with Gasteiger partial charge in [0.15, 0.2) is 0 Å². The van der Waals surface area contributed by atoms with E-state index in [0.29, 0.717) is 59.4 Å². The Kier molecular flexibility index (Phi) is 7.34. The number of ether oxygens (including phenoxy) is 2. The van der Waals surface area contributed by atoms with Gasteiger partial charge in [-0.25, -0.2) is 4.39 Å². The Morgan fingerprint density at radius 2 is 1.90 bits per heavy atom. The molecule has 0 atom stereocenters. The lowest BCUT2D eigenvalue weighted by Crippen LogP contribution is -2.23. The Balaban J connectivity index is 2.27. The molecule has 1 N–H and O–H groups in total. The smallest absolute Gasteiger partial charge is 0.200 e. The van der Waals surface area contributed by atoms with E-state index in [4.69, 9.17) is 21.1 Å². The Hall–Kier alpha value is -2.57. The van der Waals surface area contributed by atoms with Gasteiger partial charge in [0.25, 0.3) is 0 Å². The fraction of sp³-hybridized carbons (Fsp3) is 0.348. The van der Waals surface area contributed by atoms with Crippen LogP contribution in [-0.2, 0) is 6.54 Å². The maximum atomic E-state index is 14.8. The molecule has 5 nitrogen and oxygen atoms in total. The first-order valence-corrected chi connectivity index (χ1v) is 10.4. The number of nitrogens with one attached hydrogen (secondary N) is 1. The molecule has 30 heavy (non-hydrogen) atoms. The van der Waals surface area contributed by atoms with E-state index < -0.39 is 5.82 Å². The Labute approximate surface area is 180 Å². The van der Waals surface area contributed by atoms with Crippen molar-refractivity contribution in [2.24, 2.45) is 0 Å². The van der Waals surface area contributed by atoms with Crippen LogP contribution in [0.3, 0.4) is 0 Å². The van der Waals surface area contributed by atoms with Gasteiger partial charge >= 0.3 is 0 Å². The van der Waals surface area contributed by atoms with Gasteiger partial charge in [0, 0.05) is 24.7 Å². The maximum Gasteiger partial charge on any atom is 0.200 e. The number of H-pyrrole nitrogens is 1. The number of pyridine rings is 1. The van der Waals surface area contributed by atoms with E-state index in [2.05, 4.69) is 4.98 Å². The first kappa shape index (κ1) is 22.1. The zero-order valence-electron chi connectivity index (χ0n) is 17.4. The number of alkyl halides is 1. The molecule has 0 saturated carbocycles. The van der Waals surface area contributed by atoms with Gasteiger partial charge in [-0.3, -0.25) is 9.69 Å². The van der Waals surface area contributed by atoms with Gasteiger partial charge in [-0.15, -0.1) is 11.6 Å². The monoisotopic (exact) mass is 432 g/mol. The number of hydrogen-bond acceptors (Lipinski definition) is 4. The summed E-state index contributed by atoms with van der Waals surface area (Å²) in [5, 5.41) is -0.00170. The van der Waals surface area contributed by atoms with Crippen molar-refractivity contribution in [3.05, 3.63) is 58.1 Å². The highest BCUT2D eigenvalue weighted by Crippen LogP contribution is 2.30. The Morgan fingerprint density at radius 1 is 1.17 bits per heavy atom. The summed E-state index contributed by atoms with van der Waals surface area (Å²) in [5.74, 6) is 1.03. The van der Waals surface area contributed by atoms with Crippen molar-refractivity contribution in [1.29, 1.82) is 0 Å². The second-order valence-electron chi connectivity index (χ2n) is 7.11. The van der Waals surface area contributed by atoms with Crippen LogP contribution in [0, 0.1) is 5.82 Å². The predicted octanol–water partition coefficient (Wildman–Crippen LogP) is 4.80. The average molecular weight is 433 g/mol. The van der Waals surface area contributed by atoms with Crippen LogP contribution >= 0.6 is 11.6 Å². The largest absolute Gasteiger partial charge is 0.497 e. The fourth-order valence-corrected chi connectivity index (χ4v) is 3.68. The summed E-state index contributed by atoms with van der Waals surface area (Å²) in [4.78, 5) is 18.8. The third kappa shape index (κ3) is 4.60. The summed E-state index contributed by atoms with van der Waals surface area (Å²) >= 11 is 5.89. The van der Waals surface area contributed by atoms with Gasteiger partial charge in [-0.2, -0.15) is 0 Å². The van der Waals surface area contributed by atoms with Crippen molar-refractivity contribution in [3.63, 3.8) is 0 Å². The summed E-state index contributed by atoms with van der Waals surface area (Å²) in [6, 6.07) is 10.00. The minimum absolute atomic E-state index is 0.00170. The molecule has 2 aromatic carbocycles. The van der Waals surface area contributed by atoms with Gasteiger partial charge in [0.1, 0.15) is 17.3 Å². The summed E-state index contributed by atoms with van der Waals surface area (Å²) in [7, 11) is 3.50. The number of methoxy groups -OCH3 is 1. The second kappa shape index (κ2) is 9.96. The number of halogens is 2. The van der Waals surface area contributed by atoms with Crippen LogP contribution < -0.4 is 14.9 Å². The molecular formula is C23H26ClFN2O3. The number of fused-ring (bicyclic) bond motifs is 1. The highest BCUT2D eigenvalue weighted by molar-refractivity contribution is 6.18. The quantitative estimate of drug-likeness (QED) is 0.493. The molecule has 0 aliphatic carbocycles. The van der Waals surface area contributed by atoms with Crippen LogP contribution in [-0.4, -0.2) is 43.1 Å². The lowest BCUT2D eigenvalue weighted by molar-refractivity contribution is 0.319. The number of hydrogen-bond donors (Lipinski definition) is 1. The third-order valence-corrected chi connectivity index (χ3v) is 5.05. The molecule has 0 unspecified atom stereocenters. The molecule has 0 bridgehead atoms. The van der Waals surface area contributed by atoms with Gasteiger partial charge in [-0.1, -0.05) is 19.1 Å². The highest BCUT2D eigenvalue weighted by atomic mass is 35.5. The maximum absolute atomic E-state index is 14.8. The lowest BCUT2D eigenvalue weighted by Gasteiger charge is -2.19. The average Bonchev–Trinajstić information content (AvgIpc) is 2.73. The SMILES string of the molecule is CCCOc1ccc(F)c2c(=O)c(-c3ccc(OC)cc3)c(CN(C)CCCl)[nH]c12. The summed E-state index contributed by atoms with van der Waals surface area (Å²) < 4.78 is 25.7. The van der Waals surface area contributed by atoms with Crippen molar-refractivity contribution < 1.29 is 13.9 Å². The van der Waals surface area contributed by atoms with Gasteiger partial charge in [0.05, 0.1) is 30.2 Å². The molecule has 1 aromatic heterocycles. The van der Waals surface area contributed by atoms with E-state index in [-0.39, 0.29) is 10.8 Å². The van der Waals surface area contributed by atoms with Crippen LogP contribution in [0.1, 0.15) is 19.0 Å². The molecule has 1 heterocycles. The molecule has 0 aliphatic rings. The summed E-state index contributed by atoms with van der Waals surface area (Å²) in [6.45, 7) is 3.56. The Morgan fingerprint density at radius 3 is 2.53 bits per heavy atom. The Bertz CT molecular complexity index is 1070. The van der Waals surface area contributed by atoms with Crippen molar-refractivity contribution in [2.45, 2.75) is 19.9 Å². The molecule has 0 spiro atoms. The van der Waals surface area contributed by atoms with E-state index >= 15 is 0 Å². The number of benzene rings is 2. The van der Waals surface area contributed by atoms with Crippen molar-refractivity contribution in [1.82, 2.24) is 9.88 Å². The molecule has 0 fully saturated rings. The van der Waals surface area contributed by atoms with Crippen LogP contribution in [0.2, 0.25) is 0 Å². The standard InChI is InChI=1S/C23H26ClFN2O3/c1-4-13-30-19-10-9-17(25)21-22(19)26-18(14-27(2)12-11-24)20(23(21)28)15-5-7-16(29-3)8-6-15/h5-10H,4,11-14H2,1-3H3,(H,26,28). The van der Waals surface area contributed by atoms with E-state index in [1.165, 1.54) is 6.07 Å². The normalized spacial score (nSPS) is 11.3. The molecule has 0 saturated heterocycles. The van der Waals surface area contributed by atoms with Crippen molar-refractivity contribution >= 4 is 22.5 Å². The molecule has 3 aromatic rings.